The molecule has 1 aromatic carbocycles. The van der Waals surface area contributed by atoms with Gasteiger partial charge in [0.05, 0.1) is 11.9 Å². The number of thiophene rings is 1. The Hall–Kier alpha value is -2.40. The van der Waals surface area contributed by atoms with Crippen molar-refractivity contribution in [2.75, 3.05) is 0 Å². The van der Waals surface area contributed by atoms with E-state index in [2.05, 4.69) is 5.32 Å². The molecule has 1 amide bonds. The van der Waals surface area contributed by atoms with E-state index in [-0.39, 0.29) is 11.7 Å². The Labute approximate surface area is 125 Å². The molecule has 3 rings (SSSR count). The summed E-state index contributed by atoms with van der Waals surface area (Å²) in [6.07, 6.45) is 0. The maximum absolute atomic E-state index is 12.1. The van der Waals surface area contributed by atoms with Crippen molar-refractivity contribution in [1.29, 1.82) is 0 Å². The molecule has 1 N–H and O–H groups in total. The van der Waals surface area contributed by atoms with Crippen LogP contribution in [-0.4, -0.2) is 5.91 Å². The molecule has 0 bridgehead atoms. The Morgan fingerprint density at radius 1 is 1.29 bits per heavy atom. The van der Waals surface area contributed by atoms with E-state index in [0.29, 0.717) is 17.3 Å². The first kappa shape index (κ1) is 13.6. The van der Waals surface area contributed by atoms with Gasteiger partial charge >= 0.3 is 5.63 Å². The molecule has 21 heavy (non-hydrogen) atoms. The van der Waals surface area contributed by atoms with Gasteiger partial charge < -0.3 is 9.73 Å². The van der Waals surface area contributed by atoms with Crippen molar-refractivity contribution in [2.24, 2.45) is 0 Å². The molecule has 0 saturated heterocycles. The molecule has 0 saturated carbocycles. The second kappa shape index (κ2) is 5.54. The maximum Gasteiger partial charge on any atom is 0.344 e. The number of carbonyl (C=O) groups excluding carboxylic acids is 1. The minimum atomic E-state index is -0.488. The van der Waals surface area contributed by atoms with Crippen molar-refractivity contribution >= 4 is 28.0 Å². The van der Waals surface area contributed by atoms with E-state index in [1.54, 1.807) is 23.5 Å². The summed E-state index contributed by atoms with van der Waals surface area (Å²) in [5, 5.41) is 5.89. The van der Waals surface area contributed by atoms with Gasteiger partial charge in [0.15, 0.2) is 5.76 Å². The zero-order valence-corrected chi connectivity index (χ0v) is 12.2. The lowest BCUT2D eigenvalue weighted by atomic mass is 10.1. The van der Waals surface area contributed by atoms with Crippen LogP contribution in [0.2, 0.25) is 0 Å². The van der Waals surface area contributed by atoms with E-state index < -0.39 is 5.63 Å². The molecule has 106 valence electrons. The van der Waals surface area contributed by atoms with Crippen LogP contribution in [0.1, 0.15) is 21.0 Å². The van der Waals surface area contributed by atoms with E-state index in [1.807, 2.05) is 36.6 Å². The molecule has 5 heteroatoms. The summed E-state index contributed by atoms with van der Waals surface area (Å²) in [6.45, 7) is 2.33. The SMILES string of the molecule is Cc1ccc2cc(C(=O)NCc3cccs3)oc(=O)c2c1. The van der Waals surface area contributed by atoms with Gasteiger partial charge in [0, 0.05) is 4.88 Å². The first-order chi connectivity index (χ1) is 10.1. The molecule has 0 aliphatic heterocycles. The van der Waals surface area contributed by atoms with E-state index in [9.17, 15) is 9.59 Å². The first-order valence-electron chi connectivity index (χ1n) is 6.48. The summed E-state index contributed by atoms with van der Waals surface area (Å²) in [4.78, 5) is 25.1. The van der Waals surface area contributed by atoms with Gasteiger partial charge in [-0.05, 0) is 35.9 Å². The van der Waals surface area contributed by atoms with Gasteiger partial charge in [0.25, 0.3) is 5.91 Å². The van der Waals surface area contributed by atoms with Gasteiger partial charge in [-0.2, -0.15) is 0 Å². The summed E-state index contributed by atoms with van der Waals surface area (Å²) in [5.41, 5.74) is 0.488. The highest BCUT2D eigenvalue weighted by molar-refractivity contribution is 7.09. The second-order valence-electron chi connectivity index (χ2n) is 4.75. The minimum absolute atomic E-state index is 0.0351. The standard InChI is InChI=1S/C16H13NO3S/c1-10-4-5-11-8-14(20-16(19)13(11)7-10)15(18)17-9-12-3-2-6-21-12/h2-8H,9H2,1H3,(H,17,18). The molecule has 4 nitrogen and oxygen atoms in total. The third-order valence-electron chi connectivity index (χ3n) is 3.15. The lowest BCUT2D eigenvalue weighted by molar-refractivity contribution is 0.0919. The van der Waals surface area contributed by atoms with E-state index in [4.69, 9.17) is 4.42 Å². The van der Waals surface area contributed by atoms with Crippen LogP contribution in [0.25, 0.3) is 10.8 Å². The minimum Gasteiger partial charge on any atom is -0.417 e. The fourth-order valence-corrected chi connectivity index (χ4v) is 2.72. The summed E-state index contributed by atoms with van der Waals surface area (Å²) >= 11 is 1.56. The molecule has 0 atom stereocenters. The smallest absolute Gasteiger partial charge is 0.344 e. The predicted octanol–water partition coefficient (Wildman–Crippen LogP) is 3.09. The fourth-order valence-electron chi connectivity index (χ4n) is 2.08. The highest BCUT2D eigenvalue weighted by atomic mass is 32.1. The van der Waals surface area contributed by atoms with Crippen LogP contribution in [-0.2, 0) is 6.54 Å². The highest BCUT2D eigenvalue weighted by Gasteiger charge is 2.12. The number of fused-ring (bicyclic) bond motifs is 1. The first-order valence-corrected chi connectivity index (χ1v) is 7.36. The predicted molar refractivity (Wildman–Crippen MR) is 82.7 cm³/mol. The summed E-state index contributed by atoms with van der Waals surface area (Å²) in [7, 11) is 0. The van der Waals surface area contributed by atoms with Crippen molar-refractivity contribution in [3.05, 3.63) is 68.4 Å². The Bertz CT molecular complexity index is 850. The lowest BCUT2D eigenvalue weighted by Gasteiger charge is -2.04. The Balaban J connectivity index is 1.88. The zero-order valence-electron chi connectivity index (χ0n) is 11.4. The largest absolute Gasteiger partial charge is 0.417 e. The van der Waals surface area contributed by atoms with E-state index in [0.717, 1.165) is 10.4 Å². The van der Waals surface area contributed by atoms with Crippen LogP contribution >= 0.6 is 11.3 Å². The average molecular weight is 299 g/mol. The molecule has 0 spiro atoms. The summed E-state index contributed by atoms with van der Waals surface area (Å²) in [6, 6.07) is 10.9. The van der Waals surface area contributed by atoms with Gasteiger partial charge in [0.2, 0.25) is 0 Å². The van der Waals surface area contributed by atoms with Crippen LogP contribution in [0.4, 0.5) is 0 Å². The number of rotatable bonds is 3. The van der Waals surface area contributed by atoms with Crippen molar-refractivity contribution in [2.45, 2.75) is 13.5 Å². The van der Waals surface area contributed by atoms with Crippen LogP contribution < -0.4 is 10.9 Å². The quantitative estimate of drug-likeness (QED) is 0.808. The highest BCUT2D eigenvalue weighted by Crippen LogP contribution is 2.14. The lowest BCUT2D eigenvalue weighted by Crippen LogP contribution is -2.23. The topological polar surface area (TPSA) is 59.3 Å². The molecule has 2 aromatic heterocycles. The molecule has 0 radical (unpaired) electrons. The second-order valence-corrected chi connectivity index (χ2v) is 5.78. The normalized spacial score (nSPS) is 10.7. The third kappa shape index (κ3) is 2.87. The number of hydrogen-bond acceptors (Lipinski definition) is 4. The summed E-state index contributed by atoms with van der Waals surface area (Å²) < 4.78 is 5.11. The van der Waals surface area contributed by atoms with E-state index >= 15 is 0 Å². The average Bonchev–Trinajstić information content (AvgIpc) is 2.98. The Morgan fingerprint density at radius 3 is 2.90 bits per heavy atom. The van der Waals surface area contributed by atoms with E-state index in [1.165, 1.54) is 0 Å². The number of benzene rings is 1. The van der Waals surface area contributed by atoms with Crippen LogP contribution in [0.5, 0.6) is 0 Å². The van der Waals surface area contributed by atoms with Crippen molar-refractivity contribution in [1.82, 2.24) is 5.32 Å². The van der Waals surface area contributed by atoms with Crippen LogP contribution in [0, 0.1) is 6.92 Å². The monoisotopic (exact) mass is 299 g/mol. The molecular weight excluding hydrogens is 286 g/mol. The van der Waals surface area contributed by atoms with Gasteiger partial charge in [-0.25, -0.2) is 4.79 Å². The molecule has 2 heterocycles. The third-order valence-corrected chi connectivity index (χ3v) is 4.02. The van der Waals surface area contributed by atoms with Gasteiger partial charge in [0.1, 0.15) is 0 Å². The molecular formula is C16H13NO3S. The number of nitrogens with one attached hydrogen (secondary N) is 1. The van der Waals surface area contributed by atoms with Gasteiger partial charge in [-0.15, -0.1) is 11.3 Å². The number of amides is 1. The Kier molecular flexibility index (Phi) is 3.58. The van der Waals surface area contributed by atoms with Crippen LogP contribution in [0.15, 0.2) is 51.0 Å². The fraction of sp³-hybridized carbons (Fsp3) is 0.125. The molecule has 0 fully saturated rings. The molecule has 3 aromatic rings. The van der Waals surface area contributed by atoms with Gasteiger partial charge in [-0.1, -0.05) is 23.8 Å². The molecule has 0 unspecified atom stereocenters. The van der Waals surface area contributed by atoms with Crippen molar-refractivity contribution in [3.8, 4) is 0 Å². The maximum atomic E-state index is 12.1. The van der Waals surface area contributed by atoms with Crippen molar-refractivity contribution < 1.29 is 9.21 Å². The Morgan fingerprint density at radius 2 is 2.14 bits per heavy atom. The molecule has 0 aliphatic rings. The summed E-state index contributed by atoms with van der Waals surface area (Å²) in [5.74, 6) is -0.351. The van der Waals surface area contributed by atoms with Crippen LogP contribution in [0.3, 0.4) is 0 Å². The van der Waals surface area contributed by atoms with Crippen molar-refractivity contribution in [3.63, 3.8) is 0 Å². The zero-order chi connectivity index (χ0) is 14.8. The number of aryl methyl sites for hydroxylation is 1. The van der Waals surface area contributed by atoms with Gasteiger partial charge in [-0.3, -0.25) is 4.79 Å². The molecule has 0 aliphatic carbocycles. The number of carbonyl (C=O) groups is 1. The number of hydrogen-bond donors (Lipinski definition) is 1.